The molecule has 3 rings (SSSR count). The Hall–Kier alpha value is -1.82. The highest BCUT2D eigenvalue weighted by molar-refractivity contribution is 8.18. The van der Waals surface area contributed by atoms with Gasteiger partial charge in [0.1, 0.15) is 5.82 Å². The van der Waals surface area contributed by atoms with Crippen LogP contribution in [0.15, 0.2) is 23.1 Å². The van der Waals surface area contributed by atoms with E-state index in [-0.39, 0.29) is 17.0 Å². The van der Waals surface area contributed by atoms with Crippen molar-refractivity contribution in [3.63, 3.8) is 0 Å². The predicted molar refractivity (Wildman–Crippen MR) is 86.2 cm³/mol. The van der Waals surface area contributed by atoms with Gasteiger partial charge in [0.25, 0.3) is 11.1 Å². The minimum absolute atomic E-state index is 0.270. The van der Waals surface area contributed by atoms with Crippen LogP contribution in [0.2, 0.25) is 0 Å². The lowest BCUT2D eigenvalue weighted by atomic mass is 10.1. The first-order valence-electron chi connectivity index (χ1n) is 7.40. The number of carbonyl (C=O) groups excluding carboxylic acids is 2. The summed E-state index contributed by atoms with van der Waals surface area (Å²) in [7, 11) is 0. The molecule has 22 heavy (non-hydrogen) atoms. The zero-order valence-electron chi connectivity index (χ0n) is 12.3. The number of benzene rings is 1. The number of carbonyl (C=O) groups is 2. The maximum atomic E-state index is 14.3. The molecule has 0 atom stereocenters. The molecule has 0 unspecified atom stereocenters. The number of hydrogen-bond donors (Lipinski definition) is 0. The van der Waals surface area contributed by atoms with E-state index < -0.39 is 0 Å². The summed E-state index contributed by atoms with van der Waals surface area (Å²) in [6.07, 6.45) is 3.76. The molecule has 0 saturated carbocycles. The van der Waals surface area contributed by atoms with E-state index in [1.54, 1.807) is 25.1 Å². The number of rotatable bonds is 3. The van der Waals surface area contributed by atoms with Gasteiger partial charge in [-0.2, -0.15) is 0 Å². The Balaban J connectivity index is 1.84. The van der Waals surface area contributed by atoms with E-state index in [1.165, 1.54) is 11.0 Å². The van der Waals surface area contributed by atoms with Crippen molar-refractivity contribution in [3.05, 3.63) is 34.5 Å². The fourth-order valence-corrected chi connectivity index (χ4v) is 3.65. The Bertz CT molecular complexity index is 654. The van der Waals surface area contributed by atoms with Gasteiger partial charge >= 0.3 is 0 Å². The maximum Gasteiger partial charge on any atom is 0.293 e. The van der Waals surface area contributed by atoms with Gasteiger partial charge in [-0.3, -0.25) is 14.5 Å². The Morgan fingerprint density at radius 3 is 2.59 bits per heavy atom. The summed E-state index contributed by atoms with van der Waals surface area (Å²) in [5.41, 5.74) is 1.21. The standard InChI is InChI=1S/C16H17FN2O2S/c1-2-19-15(20)14(22-16(19)21)10-11-5-6-13(12(17)9-11)18-7-3-4-8-18/h5-6,9-10H,2-4,7-8H2,1H3/b14-10+. The van der Waals surface area contributed by atoms with Gasteiger partial charge in [0.15, 0.2) is 0 Å². The van der Waals surface area contributed by atoms with Crippen LogP contribution in [0.3, 0.4) is 0 Å². The zero-order chi connectivity index (χ0) is 15.7. The van der Waals surface area contributed by atoms with E-state index in [0.29, 0.717) is 22.7 Å². The molecule has 2 amide bonds. The van der Waals surface area contributed by atoms with E-state index in [0.717, 1.165) is 37.7 Å². The highest BCUT2D eigenvalue weighted by Gasteiger charge is 2.33. The highest BCUT2D eigenvalue weighted by Crippen LogP contribution is 2.32. The number of halogens is 1. The summed E-state index contributed by atoms with van der Waals surface area (Å²) in [5, 5.41) is -0.270. The van der Waals surface area contributed by atoms with Crippen LogP contribution in [-0.4, -0.2) is 35.7 Å². The average molecular weight is 320 g/mol. The second-order valence-corrected chi connectivity index (χ2v) is 6.32. The summed E-state index contributed by atoms with van der Waals surface area (Å²) < 4.78 is 14.3. The Morgan fingerprint density at radius 1 is 1.27 bits per heavy atom. The van der Waals surface area contributed by atoms with Crippen LogP contribution < -0.4 is 4.90 Å². The van der Waals surface area contributed by atoms with Gasteiger partial charge in [-0.1, -0.05) is 6.07 Å². The number of anilines is 1. The van der Waals surface area contributed by atoms with Crippen molar-refractivity contribution in [2.75, 3.05) is 24.5 Å². The van der Waals surface area contributed by atoms with Crippen molar-refractivity contribution in [1.29, 1.82) is 0 Å². The first-order chi connectivity index (χ1) is 10.6. The number of imide groups is 1. The van der Waals surface area contributed by atoms with E-state index in [4.69, 9.17) is 0 Å². The van der Waals surface area contributed by atoms with E-state index in [9.17, 15) is 14.0 Å². The van der Waals surface area contributed by atoms with Gasteiger partial charge in [-0.25, -0.2) is 4.39 Å². The third kappa shape index (κ3) is 2.75. The van der Waals surface area contributed by atoms with Crippen molar-refractivity contribution < 1.29 is 14.0 Å². The molecule has 2 saturated heterocycles. The molecule has 116 valence electrons. The number of nitrogens with zero attached hydrogens (tertiary/aromatic N) is 2. The van der Waals surface area contributed by atoms with Gasteiger partial charge in [0.05, 0.1) is 10.6 Å². The number of likely N-dealkylation sites (N-methyl/N-ethyl adjacent to an activating group) is 1. The molecule has 0 bridgehead atoms. The van der Waals surface area contributed by atoms with E-state index >= 15 is 0 Å². The number of thioether (sulfide) groups is 1. The van der Waals surface area contributed by atoms with Gasteiger partial charge in [0.2, 0.25) is 0 Å². The fourth-order valence-electron chi connectivity index (χ4n) is 2.75. The summed E-state index contributed by atoms with van der Waals surface area (Å²) in [6, 6.07) is 4.96. The second-order valence-electron chi connectivity index (χ2n) is 5.33. The molecule has 1 aromatic carbocycles. The first-order valence-corrected chi connectivity index (χ1v) is 8.21. The highest BCUT2D eigenvalue weighted by atomic mass is 32.2. The Labute approximate surface area is 133 Å². The summed E-state index contributed by atoms with van der Waals surface area (Å²) >= 11 is 0.902. The largest absolute Gasteiger partial charge is 0.369 e. The van der Waals surface area contributed by atoms with Crippen LogP contribution in [0.25, 0.3) is 6.08 Å². The van der Waals surface area contributed by atoms with Crippen LogP contribution in [0.1, 0.15) is 25.3 Å². The smallest absolute Gasteiger partial charge is 0.293 e. The van der Waals surface area contributed by atoms with Crippen LogP contribution in [-0.2, 0) is 4.79 Å². The Morgan fingerprint density at radius 2 is 2.00 bits per heavy atom. The molecule has 1 aromatic rings. The van der Waals surface area contributed by atoms with Gasteiger partial charge < -0.3 is 4.90 Å². The van der Waals surface area contributed by atoms with Crippen LogP contribution in [0.5, 0.6) is 0 Å². The van der Waals surface area contributed by atoms with Crippen molar-refractivity contribution >= 4 is 34.7 Å². The van der Waals surface area contributed by atoms with Gasteiger partial charge in [-0.15, -0.1) is 0 Å². The molecule has 0 aromatic heterocycles. The summed E-state index contributed by atoms with van der Waals surface area (Å²) in [6.45, 7) is 3.87. The molecule has 0 aliphatic carbocycles. The molecule has 4 nitrogen and oxygen atoms in total. The number of amides is 2. The summed E-state index contributed by atoms with van der Waals surface area (Å²) in [4.78, 5) is 27.2. The zero-order valence-corrected chi connectivity index (χ0v) is 13.2. The van der Waals surface area contributed by atoms with Crippen molar-refractivity contribution in [3.8, 4) is 0 Å². The van der Waals surface area contributed by atoms with Crippen molar-refractivity contribution in [2.45, 2.75) is 19.8 Å². The van der Waals surface area contributed by atoms with Gasteiger partial charge in [0, 0.05) is 19.6 Å². The molecule has 6 heteroatoms. The SMILES string of the molecule is CCN1C(=O)S/C(=C/c2ccc(N3CCCC3)c(F)c2)C1=O. The minimum atomic E-state index is -0.304. The molecule has 2 fully saturated rings. The predicted octanol–water partition coefficient (Wildman–Crippen LogP) is 3.48. The van der Waals surface area contributed by atoms with E-state index in [1.807, 2.05) is 4.90 Å². The van der Waals surface area contributed by atoms with Crippen LogP contribution in [0, 0.1) is 5.82 Å². The molecule has 0 spiro atoms. The molecular weight excluding hydrogens is 303 g/mol. The third-order valence-electron chi connectivity index (χ3n) is 3.91. The van der Waals surface area contributed by atoms with Crippen molar-refractivity contribution in [2.24, 2.45) is 0 Å². The molecule has 2 heterocycles. The quantitative estimate of drug-likeness (QED) is 0.800. The molecule has 2 aliphatic rings. The molecular formula is C16H17FN2O2S. The molecule has 0 N–H and O–H groups in total. The van der Waals surface area contributed by atoms with Crippen molar-refractivity contribution in [1.82, 2.24) is 4.90 Å². The normalized spacial score (nSPS) is 20.5. The van der Waals surface area contributed by atoms with Crippen LogP contribution >= 0.6 is 11.8 Å². The Kier molecular flexibility index (Phi) is 4.20. The average Bonchev–Trinajstić information content (AvgIpc) is 3.09. The summed E-state index contributed by atoms with van der Waals surface area (Å²) in [5.74, 6) is -0.591. The lowest BCUT2D eigenvalue weighted by Gasteiger charge is -2.18. The molecule has 0 radical (unpaired) electrons. The lowest BCUT2D eigenvalue weighted by molar-refractivity contribution is -0.122. The maximum absolute atomic E-state index is 14.3. The van der Waals surface area contributed by atoms with E-state index in [2.05, 4.69) is 0 Å². The lowest BCUT2D eigenvalue weighted by Crippen LogP contribution is -2.27. The number of hydrogen-bond acceptors (Lipinski definition) is 4. The van der Waals surface area contributed by atoms with Crippen LogP contribution in [0.4, 0.5) is 14.9 Å². The van der Waals surface area contributed by atoms with Gasteiger partial charge in [-0.05, 0) is 55.3 Å². The second kappa shape index (κ2) is 6.12. The minimum Gasteiger partial charge on any atom is -0.369 e. The molecule has 2 aliphatic heterocycles. The third-order valence-corrected chi connectivity index (χ3v) is 4.81. The first kappa shape index (κ1) is 15.1. The topological polar surface area (TPSA) is 40.6 Å². The monoisotopic (exact) mass is 320 g/mol. The fraction of sp³-hybridized carbons (Fsp3) is 0.375.